The van der Waals surface area contributed by atoms with Gasteiger partial charge >= 0.3 is 6.18 Å². The predicted molar refractivity (Wildman–Crippen MR) is 76.7 cm³/mol. The summed E-state index contributed by atoms with van der Waals surface area (Å²) in [5.74, 6) is -0.809. The molecule has 0 atom stereocenters. The first-order valence-electron chi connectivity index (χ1n) is 6.24. The highest BCUT2D eigenvalue weighted by Gasteiger charge is 2.35. The summed E-state index contributed by atoms with van der Waals surface area (Å²) in [6, 6.07) is 3.64. The van der Waals surface area contributed by atoms with Gasteiger partial charge in [0, 0.05) is 5.70 Å². The monoisotopic (exact) mass is 295 g/mol. The molecule has 0 bridgehead atoms. The van der Waals surface area contributed by atoms with Crippen molar-refractivity contribution in [3.63, 3.8) is 0 Å². The molecule has 21 heavy (non-hydrogen) atoms. The molecule has 1 aromatic carbocycles. The van der Waals surface area contributed by atoms with Crippen molar-refractivity contribution < 1.29 is 18.0 Å². The Balaban J connectivity index is 3.22. The largest absolute Gasteiger partial charge is 0.417 e. The molecule has 0 fully saturated rings. The number of hydrogen-bond donors (Lipinski definition) is 1. The molecule has 5 heteroatoms. The lowest BCUT2D eigenvalue weighted by Crippen LogP contribution is -2.26. The lowest BCUT2D eigenvalue weighted by Gasteiger charge is -2.15. The second-order valence-electron chi connectivity index (χ2n) is 4.30. The van der Waals surface area contributed by atoms with Crippen LogP contribution < -0.4 is 5.32 Å². The highest BCUT2D eigenvalue weighted by atomic mass is 19.4. The van der Waals surface area contributed by atoms with Gasteiger partial charge in [0.2, 0.25) is 0 Å². The number of amides is 1. The third-order valence-electron chi connectivity index (χ3n) is 2.75. The summed E-state index contributed by atoms with van der Waals surface area (Å²) in [6.45, 7) is 6.76. The van der Waals surface area contributed by atoms with Crippen LogP contribution in [0.4, 0.5) is 13.2 Å². The van der Waals surface area contributed by atoms with Crippen molar-refractivity contribution in [3.05, 3.63) is 71.5 Å². The summed E-state index contributed by atoms with van der Waals surface area (Å²) < 4.78 is 39.0. The molecule has 2 nitrogen and oxygen atoms in total. The van der Waals surface area contributed by atoms with Gasteiger partial charge < -0.3 is 5.32 Å². The smallest absolute Gasteiger partial charge is 0.322 e. The molecule has 0 aromatic heterocycles. The van der Waals surface area contributed by atoms with E-state index in [4.69, 9.17) is 0 Å². The van der Waals surface area contributed by atoms with Crippen molar-refractivity contribution in [2.45, 2.75) is 20.0 Å². The maximum absolute atomic E-state index is 13.0. The van der Waals surface area contributed by atoms with Crippen LogP contribution in [0.3, 0.4) is 0 Å². The maximum Gasteiger partial charge on any atom is 0.417 e. The number of alkyl halides is 3. The molecule has 0 aliphatic heterocycles. The molecule has 0 heterocycles. The van der Waals surface area contributed by atoms with E-state index in [-0.39, 0.29) is 11.1 Å². The normalized spacial score (nSPS) is 12.5. The van der Waals surface area contributed by atoms with E-state index in [0.717, 1.165) is 6.07 Å². The Morgan fingerprint density at radius 2 is 2.00 bits per heavy atom. The summed E-state index contributed by atoms with van der Waals surface area (Å²) in [5.41, 5.74) is -0.737. The fourth-order valence-electron chi connectivity index (χ4n) is 1.76. The van der Waals surface area contributed by atoms with E-state index in [1.807, 2.05) is 0 Å². The lowest BCUT2D eigenvalue weighted by molar-refractivity contribution is -0.138. The highest BCUT2D eigenvalue weighted by Crippen LogP contribution is 2.33. The Morgan fingerprint density at radius 1 is 1.33 bits per heavy atom. The number of rotatable bonds is 4. The zero-order chi connectivity index (χ0) is 16.0. The van der Waals surface area contributed by atoms with E-state index in [1.165, 1.54) is 25.1 Å². The van der Waals surface area contributed by atoms with Gasteiger partial charge in [-0.3, -0.25) is 4.79 Å². The Morgan fingerprint density at radius 3 is 2.52 bits per heavy atom. The van der Waals surface area contributed by atoms with Crippen molar-refractivity contribution in [1.82, 2.24) is 5.32 Å². The Kier molecular flexibility index (Phi) is 5.52. The second-order valence-corrected chi connectivity index (χ2v) is 4.30. The van der Waals surface area contributed by atoms with Gasteiger partial charge in [-0.25, -0.2) is 0 Å². The standard InChI is InChI=1S/C16H16F3NO/c1-4-6-9-12(5-2)20-15(21)14-11(3)8-7-10-13(14)16(17,18)19/h4-10H,2H2,1,3H3,(H,20,21)/b6-4-,12-9+. The van der Waals surface area contributed by atoms with E-state index >= 15 is 0 Å². The maximum atomic E-state index is 13.0. The van der Waals surface area contributed by atoms with Gasteiger partial charge in [0.15, 0.2) is 0 Å². The first-order chi connectivity index (χ1) is 9.81. The fourth-order valence-corrected chi connectivity index (χ4v) is 1.76. The minimum absolute atomic E-state index is 0.261. The van der Waals surface area contributed by atoms with Crippen molar-refractivity contribution in [1.29, 1.82) is 0 Å². The first kappa shape index (κ1) is 16.8. The van der Waals surface area contributed by atoms with Crippen LogP contribution in [0.2, 0.25) is 0 Å². The predicted octanol–water partition coefficient (Wildman–Crippen LogP) is 4.39. The van der Waals surface area contributed by atoms with Crippen LogP contribution in [0.15, 0.2) is 54.8 Å². The number of aryl methyl sites for hydroxylation is 1. The molecular formula is C16H16F3NO. The SMILES string of the molecule is C=C/C(=C\C=C/C)NC(=O)c1c(C)cccc1C(F)(F)F. The van der Waals surface area contributed by atoms with Gasteiger partial charge in [-0.15, -0.1) is 0 Å². The molecule has 0 spiro atoms. The summed E-state index contributed by atoms with van der Waals surface area (Å²) >= 11 is 0. The van der Waals surface area contributed by atoms with Crippen molar-refractivity contribution >= 4 is 5.91 Å². The van der Waals surface area contributed by atoms with E-state index in [1.54, 1.807) is 25.2 Å². The zero-order valence-corrected chi connectivity index (χ0v) is 11.8. The molecule has 112 valence electrons. The number of hydrogen-bond acceptors (Lipinski definition) is 1. The molecule has 0 unspecified atom stereocenters. The lowest BCUT2D eigenvalue weighted by atomic mass is 10.0. The number of allylic oxidation sites excluding steroid dienone is 4. The molecule has 0 aliphatic rings. The molecule has 1 aromatic rings. The number of halogens is 3. The van der Waals surface area contributed by atoms with Gasteiger partial charge in [0.25, 0.3) is 5.91 Å². The molecule has 1 amide bonds. The van der Waals surface area contributed by atoms with Crippen LogP contribution in [0, 0.1) is 6.92 Å². The molecule has 1 N–H and O–H groups in total. The fraction of sp³-hybridized carbons (Fsp3) is 0.188. The minimum atomic E-state index is -4.58. The van der Waals surface area contributed by atoms with Crippen LogP contribution in [0.1, 0.15) is 28.4 Å². The average Bonchev–Trinajstić information content (AvgIpc) is 2.41. The first-order valence-corrected chi connectivity index (χ1v) is 6.24. The molecule has 1 rings (SSSR count). The average molecular weight is 295 g/mol. The van der Waals surface area contributed by atoms with E-state index < -0.39 is 17.6 Å². The van der Waals surface area contributed by atoms with Gasteiger partial charge in [-0.05, 0) is 37.6 Å². The molecule has 0 aliphatic carbocycles. The number of carbonyl (C=O) groups excluding carboxylic acids is 1. The van der Waals surface area contributed by atoms with E-state index in [9.17, 15) is 18.0 Å². The third kappa shape index (κ3) is 4.34. The van der Waals surface area contributed by atoms with Crippen molar-refractivity contribution in [2.75, 3.05) is 0 Å². The second kappa shape index (κ2) is 6.92. The molecule has 0 saturated heterocycles. The highest BCUT2D eigenvalue weighted by molar-refractivity contribution is 5.98. The Hall–Kier alpha value is -2.30. The Labute approximate surface area is 121 Å². The molecule has 0 saturated carbocycles. The van der Waals surface area contributed by atoms with Crippen LogP contribution in [0.25, 0.3) is 0 Å². The van der Waals surface area contributed by atoms with Crippen molar-refractivity contribution in [2.24, 2.45) is 0 Å². The van der Waals surface area contributed by atoms with Crippen LogP contribution in [0.5, 0.6) is 0 Å². The summed E-state index contributed by atoms with van der Waals surface area (Å²) in [5, 5.41) is 2.42. The van der Waals surface area contributed by atoms with Crippen LogP contribution in [-0.2, 0) is 6.18 Å². The third-order valence-corrected chi connectivity index (χ3v) is 2.75. The quantitative estimate of drug-likeness (QED) is 0.820. The topological polar surface area (TPSA) is 29.1 Å². The molecular weight excluding hydrogens is 279 g/mol. The van der Waals surface area contributed by atoms with E-state index in [2.05, 4.69) is 11.9 Å². The summed E-state index contributed by atoms with van der Waals surface area (Å²) in [6.07, 6.45) is 1.71. The van der Waals surface area contributed by atoms with Crippen molar-refractivity contribution in [3.8, 4) is 0 Å². The molecule has 0 radical (unpaired) electrons. The number of carbonyl (C=O) groups is 1. The van der Waals surface area contributed by atoms with Gasteiger partial charge in [0.05, 0.1) is 11.1 Å². The summed E-state index contributed by atoms with van der Waals surface area (Å²) in [7, 11) is 0. The summed E-state index contributed by atoms with van der Waals surface area (Å²) in [4.78, 5) is 12.1. The van der Waals surface area contributed by atoms with Gasteiger partial charge in [-0.2, -0.15) is 13.2 Å². The van der Waals surface area contributed by atoms with Gasteiger partial charge in [-0.1, -0.05) is 30.9 Å². The van der Waals surface area contributed by atoms with Gasteiger partial charge in [0.1, 0.15) is 0 Å². The Bertz CT molecular complexity index is 598. The minimum Gasteiger partial charge on any atom is -0.322 e. The van der Waals surface area contributed by atoms with Crippen LogP contribution >= 0.6 is 0 Å². The zero-order valence-electron chi connectivity index (χ0n) is 11.8. The number of benzene rings is 1. The van der Waals surface area contributed by atoms with Crippen LogP contribution in [-0.4, -0.2) is 5.91 Å². The number of nitrogens with one attached hydrogen (secondary N) is 1. The van der Waals surface area contributed by atoms with E-state index in [0.29, 0.717) is 5.70 Å².